The van der Waals surface area contributed by atoms with Crippen molar-refractivity contribution in [3.8, 4) is 5.75 Å². The molecule has 4 nitrogen and oxygen atoms in total. The quantitative estimate of drug-likeness (QED) is 0.444. The van der Waals surface area contributed by atoms with Crippen LogP contribution in [0.15, 0.2) is 59.5 Å². The van der Waals surface area contributed by atoms with Crippen LogP contribution >= 0.6 is 0 Å². The monoisotopic (exact) mass is 300 g/mol. The first kappa shape index (κ1) is 12.4. The molecule has 0 aliphatic rings. The number of ether oxygens (including phenoxy) is 1. The Morgan fingerprint density at radius 1 is 0.957 bits per heavy atom. The molecule has 0 N–H and O–H groups in total. The van der Waals surface area contributed by atoms with E-state index in [2.05, 4.69) is 4.98 Å². The Morgan fingerprint density at radius 2 is 1.78 bits per heavy atom. The summed E-state index contributed by atoms with van der Waals surface area (Å²) in [6.45, 7) is 0. The van der Waals surface area contributed by atoms with E-state index in [4.69, 9.17) is 4.74 Å². The summed E-state index contributed by atoms with van der Waals surface area (Å²) in [5, 5.41) is 3.65. The first-order valence-corrected chi connectivity index (χ1v) is 7.41. The number of methoxy groups -OCH3 is 1. The second-order valence-corrected chi connectivity index (χ2v) is 5.62. The van der Waals surface area contributed by atoms with Crippen molar-refractivity contribution in [1.29, 1.82) is 0 Å². The minimum Gasteiger partial charge on any atom is -0.497 e. The summed E-state index contributed by atoms with van der Waals surface area (Å²) >= 11 is 0. The summed E-state index contributed by atoms with van der Waals surface area (Å²) in [4.78, 5) is 17.6. The first-order chi connectivity index (χ1) is 11.3. The molecule has 3 aromatic heterocycles. The number of nitrogens with zero attached hydrogens (tertiary/aromatic N) is 2. The van der Waals surface area contributed by atoms with Crippen LogP contribution in [0.1, 0.15) is 0 Å². The Morgan fingerprint density at radius 3 is 2.61 bits per heavy atom. The van der Waals surface area contributed by atoms with Gasteiger partial charge in [0.25, 0.3) is 5.56 Å². The van der Waals surface area contributed by atoms with E-state index in [0.717, 1.165) is 38.5 Å². The molecule has 0 radical (unpaired) electrons. The Balaban J connectivity index is 2.22. The van der Waals surface area contributed by atoms with Gasteiger partial charge in [0.15, 0.2) is 0 Å². The van der Waals surface area contributed by atoms with Crippen LogP contribution in [0.25, 0.3) is 38.1 Å². The zero-order valence-electron chi connectivity index (χ0n) is 12.4. The van der Waals surface area contributed by atoms with Gasteiger partial charge in [-0.1, -0.05) is 18.2 Å². The lowest BCUT2D eigenvalue weighted by Crippen LogP contribution is -2.13. The standard InChI is InChI=1S/C19H12N2O2/c1-23-11-6-7-12-14-8-9-20-17-13-4-2-3-5-15(13)19(22)21(18(14)17)16(12)10-11/h2-10H,1H3. The van der Waals surface area contributed by atoms with Gasteiger partial charge in [0.2, 0.25) is 0 Å². The van der Waals surface area contributed by atoms with Gasteiger partial charge in [0, 0.05) is 33.8 Å². The van der Waals surface area contributed by atoms with Crippen molar-refractivity contribution in [2.75, 3.05) is 7.11 Å². The minimum atomic E-state index is -0.0191. The van der Waals surface area contributed by atoms with E-state index in [1.54, 1.807) is 17.7 Å². The van der Waals surface area contributed by atoms with Gasteiger partial charge in [-0.25, -0.2) is 0 Å². The maximum atomic E-state index is 13.1. The highest BCUT2D eigenvalue weighted by Gasteiger charge is 2.17. The third-order valence-corrected chi connectivity index (χ3v) is 4.50. The molecule has 2 aromatic carbocycles. The van der Waals surface area contributed by atoms with Crippen molar-refractivity contribution in [2.45, 2.75) is 0 Å². The lowest BCUT2D eigenvalue weighted by molar-refractivity contribution is 0.415. The van der Waals surface area contributed by atoms with Crippen LogP contribution in [-0.4, -0.2) is 16.5 Å². The summed E-state index contributed by atoms with van der Waals surface area (Å²) in [5.74, 6) is 0.734. The fourth-order valence-corrected chi connectivity index (χ4v) is 3.47. The fourth-order valence-electron chi connectivity index (χ4n) is 3.47. The van der Waals surface area contributed by atoms with E-state index < -0.39 is 0 Å². The van der Waals surface area contributed by atoms with E-state index in [1.165, 1.54) is 0 Å². The third-order valence-electron chi connectivity index (χ3n) is 4.50. The van der Waals surface area contributed by atoms with Crippen LogP contribution < -0.4 is 10.3 Å². The van der Waals surface area contributed by atoms with E-state index in [9.17, 15) is 4.79 Å². The summed E-state index contributed by atoms with van der Waals surface area (Å²) in [7, 11) is 1.63. The predicted octanol–water partition coefficient (Wildman–Crippen LogP) is 3.60. The number of hydrogen-bond donors (Lipinski definition) is 0. The normalized spacial score (nSPS) is 11.9. The molecule has 0 spiro atoms. The number of rotatable bonds is 1. The van der Waals surface area contributed by atoms with Crippen molar-refractivity contribution >= 4 is 38.1 Å². The maximum Gasteiger partial charge on any atom is 0.263 e. The third kappa shape index (κ3) is 1.45. The highest BCUT2D eigenvalue weighted by molar-refractivity contribution is 6.18. The second-order valence-electron chi connectivity index (χ2n) is 5.62. The largest absolute Gasteiger partial charge is 0.497 e. The van der Waals surface area contributed by atoms with Crippen LogP contribution in [0.3, 0.4) is 0 Å². The van der Waals surface area contributed by atoms with Gasteiger partial charge in [-0.05, 0) is 24.3 Å². The average Bonchev–Trinajstić information content (AvgIpc) is 2.94. The predicted molar refractivity (Wildman–Crippen MR) is 91.7 cm³/mol. The van der Waals surface area contributed by atoms with Crippen molar-refractivity contribution in [2.24, 2.45) is 0 Å². The molecule has 5 aromatic rings. The van der Waals surface area contributed by atoms with Crippen molar-refractivity contribution in [3.63, 3.8) is 0 Å². The SMILES string of the molecule is COc1ccc2c3ccnc4c5ccccc5c(=O)n(c2c1)c34. The maximum absolute atomic E-state index is 13.1. The fraction of sp³-hybridized carbons (Fsp3) is 0.0526. The number of fused-ring (bicyclic) bond motifs is 5. The summed E-state index contributed by atoms with van der Waals surface area (Å²) in [6.07, 6.45) is 1.80. The molecule has 110 valence electrons. The molecule has 0 aliphatic heterocycles. The van der Waals surface area contributed by atoms with Crippen LogP contribution in [0, 0.1) is 0 Å². The second kappa shape index (κ2) is 4.20. The van der Waals surface area contributed by atoms with E-state index >= 15 is 0 Å². The molecule has 0 bridgehead atoms. The van der Waals surface area contributed by atoms with Crippen LogP contribution in [0.2, 0.25) is 0 Å². The lowest BCUT2D eigenvalue weighted by Gasteiger charge is -2.05. The van der Waals surface area contributed by atoms with Crippen LogP contribution in [-0.2, 0) is 0 Å². The molecule has 0 saturated heterocycles. The minimum absolute atomic E-state index is 0.0191. The van der Waals surface area contributed by atoms with Gasteiger partial charge in [-0.2, -0.15) is 0 Å². The van der Waals surface area contributed by atoms with E-state index in [1.807, 2.05) is 48.5 Å². The number of pyridine rings is 2. The van der Waals surface area contributed by atoms with E-state index in [0.29, 0.717) is 5.39 Å². The molecule has 0 amide bonds. The van der Waals surface area contributed by atoms with Gasteiger partial charge >= 0.3 is 0 Å². The molecule has 0 unspecified atom stereocenters. The van der Waals surface area contributed by atoms with E-state index in [-0.39, 0.29) is 5.56 Å². The zero-order chi connectivity index (χ0) is 15.6. The average molecular weight is 300 g/mol. The van der Waals surface area contributed by atoms with Gasteiger partial charge in [0.1, 0.15) is 5.75 Å². The molecule has 0 atom stereocenters. The molecular formula is C19H12N2O2. The number of aromatic nitrogens is 2. The first-order valence-electron chi connectivity index (χ1n) is 7.41. The molecule has 3 heterocycles. The molecular weight excluding hydrogens is 288 g/mol. The highest BCUT2D eigenvalue weighted by atomic mass is 16.5. The van der Waals surface area contributed by atoms with Gasteiger partial charge in [-0.3, -0.25) is 14.2 Å². The summed E-state index contributed by atoms with van der Waals surface area (Å²) in [6, 6.07) is 15.4. The zero-order valence-corrected chi connectivity index (χ0v) is 12.4. The highest BCUT2D eigenvalue weighted by Crippen LogP contribution is 2.34. The van der Waals surface area contributed by atoms with Gasteiger partial charge < -0.3 is 4.74 Å². The van der Waals surface area contributed by atoms with Crippen molar-refractivity contribution in [3.05, 3.63) is 65.1 Å². The number of hydrogen-bond acceptors (Lipinski definition) is 3. The number of benzene rings is 2. The summed E-state index contributed by atoms with van der Waals surface area (Å²) in [5.41, 5.74) is 2.56. The summed E-state index contributed by atoms with van der Waals surface area (Å²) < 4.78 is 7.09. The van der Waals surface area contributed by atoms with Gasteiger partial charge in [-0.15, -0.1) is 0 Å². The van der Waals surface area contributed by atoms with Crippen LogP contribution in [0.4, 0.5) is 0 Å². The molecule has 5 rings (SSSR count). The van der Waals surface area contributed by atoms with Gasteiger partial charge in [0.05, 0.1) is 23.7 Å². The topological polar surface area (TPSA) is 43.6 Å². The Kier molecular flexibility index (Phi) is 2.26. The van der Waals surface area contributed by atoms with Crippen molar-refractivity contribution in [1.82, 2.24) is 9.38 Å². The molecule has 4 heteroatoms. The van der Waals surface area contributed by atoms with Crippen molar-refractivity contribution < 1.29 is 4.74 Å². The Hall–Kier alpha value is -3.14. The molecule has 0 aliphatic carbocycles. The Labute approximate surface area is 130 Å². The lowest BCUT2D eigenvalue weighted by atomic mass is 10.1. The molecule has 0 saturated carbocycles. The molecule has 0 fully saturated rings. The smallest absolute Gasteiger partial charge is 0.263 e. The van der Waals surface area contributed by atoms with Crippen LogP contribution in [0.5, 0.6) is 5.75 Å². The molecule has 23 heavy (non-hydrogen) atoms. The Bertz CT molecular complexity index is 1270.